The molecule has 1 atom stereocenters. The maximum Gasteiger partial charge on any atom is 0.217 e. The third kappa shape index (κ3) is 1.88. The number of amides is 1. The van der Waals surface area contributed by atoms with Gasteiger partial charge >= 0.3 is 0 Å². The highest BCUT2D eigenvalue weighted by Gasteiger charge is 2.22. The van der Waals surface area contributed by atoms with Crippen molar-refractivity contribution >= 4 is 16.8 Å². The molecule has 0 bridgehead atoms. The Morgan fingerprint density at radius 3 is 3.11 bits per heavy atom. The molecule has 2 aromatic rings. The summed E-state index contributed by atoms with van der Waals surface area (Å²) >= 11 is 0. The Morgan fingerprint density at radius 1 is 1.50 bits per heavy atom. The lowest BCUT2D eigenvalue weighted by Gasteiger charge is -2.23. The molecule has 1 unspecified atom stereocenters. The normalized spacial score (nSPS) is 18.7. The minimum atomic E-state index is -0.217. The number of carbonyl (C=O) groups is 1. The zero-order valence-corrected chi connectivity index (χ0v) is 10.2. The van der Waals surface area contributed by atoms with Crippen LogP contribution in [0.3, 0.4) is 0 Å². The minimum absolute atomic E-state index is 0.00512. The number of benzene rings is 1. The van der Waals surface area contributed by atoms with Crippen molar-refractivity contribution in [2.45, 2.75) is 32.2 Å². The predicted octanol–water partition coefficient (Wildman–Crippen LogP) is 2.30. The van der Waals surface area contributed by atoms with Crippen LogP contribution in [-0.2, 0) is 17.6 Å². The molecule has 2 N–H and O–H groups in total. The molecular formula is C14H15FN2O. The zero-order valence-electron chi connectivity index (χ0n) is 10.2. The van der Waals surface area contributed by atoms with Crippen LogP contribution in [0.4, 0.5) is 4.39 Å². The molecule has 94 valence electrons. The summed E-state index contributed by atoms with van der Waals surface area (Å²) in [6.45, 7) is 1.53. The first-order valence-corrected chi connectivity index (χ1v) is 6.19. The average Bonchev–Trinajstić information content (AvgIpc) is 2.66. The zero-order chi connectivity index (χ0) is 12.7. The van der Waals surface area contributed by atoms with Gasteiger partial charge in [0.05, 0.1) is 0 Å². The molecule has 1 heterocycles. The molecule has 1 aromatic carbocycles. The van der Waals surface area contributed by atoms with Crippen molar-refractivity contribution in [3.8, 4) is 0 Å². The molecule has 18 heavy (non-hydrogen) atoms. The van der Waals surface area contributed by atoms with Gasteiger partial charge in [0.2, 0.25) is 5.91 Å². The van der Waals surface area contributed by atoms with E-state index >= 15 is 0 Å². The van der Waals surface area contributed by atoms with Crippen LogP contribution in [0.1, 0.15) is 24.6 Å². The number of aromatic amines is 1. The lowest BCUT2D eigenvalue weighted by molar-refractivity contribution is -0.119. The van der Waals surface area contributed by atoms with E-state index in [-0.39, 0.29) is 17.8 Å². The van der Waals surface area contributed by atoms with E-state index in [0.29, 0.717) is 0 Å². The van der Waals surface area contributed by atoms with E-state index in [1.54, 1.807) is 12.1 Å². The topological polar surface area (TPSA) is 44.9 Å². The van der Waals surface area contributed by atoms with Gasteiger partial charge in [-0.15, -0.1) is 0 Å². The van der Waals surface area contributed by atoms with Crippen molar-refractivity contribution in [2.24, 2.45) is 0 Å². The lowest BCUT2D eigenvalue weighted by Crippen LogP contribution is -2.37. The van der Waals surface area contributed by atoms with Crippen molar-refractivity contribution < 1.29 is 9.18 Å². The monoisotopic (exact) mass is 246 g/mol. The van der Waals surface area contributed by atoms with E-state index < -0.39 is 0 Å². The van der Waals surface area contributed by atoms with Crippen LogP contribution in [0, 0.1) is 5.82 Å². The standard InChI is InChI=1S/C14H15FN2O/c1-8(18)16-10-3-5-14-12(7-10)11-6-9(15)2-4-13(11)17-14/h2,4,6,10,17H,3,5,7H2,1H3,(H,16,18). The molecule has 4 heteroatoms. The molecule has 0 saturated heterocycles. The number of rotatable bonds is 1. The quantitative estimate of drug-likeness (QED) is 0.796. The number of carbonyl (C=O) groups excluding carboxylic acids is 1. The van der Waals surface area contributed by atoms with Crippen molar-refractivity contribution in [2.75, 3.05) is 0 Å². The summed E-state index contributed by atoms with van der Waals surface area (Å²) in [5.74, 6) is -0.222. The van der Waals surface area contributed by atoms with Crippen LogP contribution >= 0.6 is 0 Å². The highest BCUT2D eigenvalue weighted by atomic mass is 19.1. The minimum Gasteiger partial charge on any atom is -0.358 e. The van der Waals surface area contributed by atoms with E-state index in [0.717, 1.165) is 35.7 Å². The van der Waals surface area contributed by atoms with E-state index in [4.69, 9.17) is 0 Å². The van der Waals surface area contributed by atoms with Gasteiger partial charge in [0.15, 0.2) is 0 Å². The van der Waals surface area contributed by atoms with Crippen LogP contribution in [0.15, 0.2) is 18.2 Å². The second-order valence-electron chi connectivity index (χ2n) is 4.91. The van der Waals surface area contributed by atoms with Crippen LogP contribution in [-0.4, -0.2) is 16.9 Å². The Labute approximate surface area is 104 Å². The summed E-state index contributed by atoms with van der Waals surface area (Å²) in [5.41, 5.74) is 3.30. The van der Waals surface area contributed by atoms with Gasteiger partial charge in [-0.05, 0) is 43.0 Å². The average molecular weight is 246 g/mol. The first-order valence-electron chi connectivity index (χ1n) is 6.19. The number of hydrogen-bond acceptors (Lipinski definition) is 1. The number of aryl methyl sites for hydroxylation is 1. The molecule has 1 aromatic heterocycles. The van der Waals surface area contributed by atoms with Crippen molar-refractivity contribution in [1.29, 1.82) is 0 Å². The van der Waals surface area contributed by atoms with Gasteiger partial charge in [-0.25, -0.2) is 4.39 Å². The third-order valence-corrected chi connectivity index (χ3v) is 3.56. The molecule has 3 rings (SSSR count). The van der Waals surface area contributed by atoms with Gasteiger partial charge in [0.25, 0.3) is 0 Å². The van der Waals surface area contributed by atoms with Crippen LogP contribution in [0.25, 0.3) is 10.9 Å². The second-order valence-corrected chi connectivity index (χ2v) is 4.91. The number of fused-ring (bicyclic) bond motifs is 3. The maximum atomic E-state index is 13.3. The van der Waals surface area contributed by atoms with Gasteiger partial charge in [-0.3, -0.25) is 4.79 Å². The third-order valence-electron chi connectivity index (χ3n) is 3.56. The van der Waals surface area contributed by atoms with E-state index in [1.807, 2.05) is 0 Å². The SMILES string of the molecule is CC(=O)NC1CCc2[nH]c3ccc(F)cc3c2C1. The Balaban J connectivity index is 2.00. The van der Waals surface area contributed by atoms with Crippen molar-refractivity contribution in [3.63, 3.8) is 0 Å². The summed E-state index contributed by atoms with van der Waals surface area (Å²) in [4.78, 5) is 14.4. The van der Waals surface area contributed by atoms with Crippen molar-refractivity contribution in [1.82, 2.24) is 10.3 Å². The molecule has 0 spiro atoms. The van der Waals surface area contributed by atoms with Gasteiger partial charge in [-0.2, -0.15) is 0 Å². The highest BCUT2D eigenvalue weighted by Crippen LogP contribution is 2.29. The Morgan fingerprint density at radius 2 is 2.33 bits per heavy atom. The Bertz CT molecular complexity index is 618. The molecule has 1 aliphatic rings. The number of nitrogens with one attached hydrogen (secondary N) is 2. The van der Waals surface area contributed by atoms with E-state index in [1.165, 1.54) is 18.7 Å². The first kappa shape index (κ1) is 11.3. The predicted molar refractivity (Wildman–Crippen MR) is 67.9 cm³/mol. The molecular weight excluding hydrogens is 231 g/mol. The van der Waals surface area contributed by atoms with Crippen LogP contribution in [0.5, 0.6) is 0 Å². The summed E-state index contributed by atoms with van der Waals surface area (Å²) in [6, 6.07) is 4.98. The number of aromatic nitrogens is 1. The number of H-pyrrole nitrogens is 1. The number of hydrogen-bond donors (Lipinski definition) is 2. The smallest absolute Gasteiger partial charge is 0.217 e. The summed E-state index contributed by atoms with van der Waals surface area (Å²) in [7, 11) is 0. The summed E-state index contributed by atoms with van der Waals surface area (Å²) in [5, 5.41) is 3.89. The fourth-order valence-corrected chi connectivity index (χ4v) is 2.80. The molecule has 0 aliphatic heterocycles. The molecule has 3 nitrogen and oxygen atoms in total. The van der Waals surface area contributed by atoms with E-state index in [9.17, 15) is 9.18 Å². The van der Waals surface area contributed by atoms with Crippen LogP contribution in [0.2, 0.25) is 0 Å². The van der Waals surface area contributed by atoms with Gasteiger partial charge in [0.1, 0.15) is 5.82 Å². The summed E-state index contributed by atoms with van der Waals surface area (Å²) in [6.07, 6.45) is 2.61. The van der Waals surface area contributed by atoms with Crippen molar-refractivity contribution in [3.05, 3.63) is 35.3 Å². The van der Waals surface area contributed by atoms with E-state index in [2.05, 4.69) is 10.3 Å². The largest absolute Gasteiger partial charge is 0.358 e. The fourth-order valence-electron chi connectivity index (χ4n) is 2.80. The molecule has 0 fully saturated rings. The van der Waals surface area contributed by atoms with Gasteiger partial charge in [0, 0.05) is 29.6 Å². The lowest BCUT2D eigenvalue weighted by atomic mass is 9.91. The highest BCUT2D eigenvalue weighted by molar-refractivity contribution is 5.85. The van der Waals surface area contributed by atoms with Gasteiger partial charge in [-0.1, -0.05) is 0 Å². The summed E-state index contributed by atoms with van der Waals surface area (Å²) < 4.78 is 13.3. The van der Waals surface area contributed by atoms with Gasteiger partial charge < -0.3 is 10.3 Å². The molecule has 0 saturated carbocycles. The fraction of sp³-hybridized carbons (Fsp3) is 0.357. The molecule has 1 aliphatic carbocycles. The molecule has 1 amide bonds. The Hall–Kier alpha value is -1.84. The molecule has 0 radical (unpaired) electrons. The Kier molecular flexibility index (Phi) is 2.58. The maximum absolute atomic E-state index is 13.3. The number of halogens is 1. The van der Waals surface area contributed by atoms with Crippen LogP contribution < -0.4 is 5.32 Å². The second kappa shape index (κ2) is 4.12. The first-order chi connectivity index (χ1) is 8.63.